The van der Waals surface area contributed by atoms with Crippen molar-refractivity contribution in [1.82, 2.24) is 0 Å². The van der Waals surface area contributed by atoms with E-state index in [-0.39, 0.29) is 12.3 Å². The van der Waals surface area contributed by atoms with E-state index in [9.17, 15) is 18.0 Å². The van der Waals surface area contributed by atoms with Crippen LogP contribution in [0, 0.1) is 0 Å². The molecule has 0 heterocycles. The van der Waals surface area contributed by atoms with E-state index in [1.54, 1.807) is 6.92 Å². The first kappa shape index (κ1) is 13.3. The second-order valence-electron chi connectivity index (χ2n) is 3.30. The molecule has 0 spiro atoms. The van der Waals surface area contributed by atoms with Crippen molar-refractivity contribution in [3.63, 3.8) is 0 Å². The lowest BCUT2D eigenvalue weighted by atomic mass is 10.2. The van der Waals surface area contributed by atoms with Gasteiger partial charge in [-0.05, 0) is 18.6 Å². The number of nitrogens with one attached hydrogen (secondary N) is 1. The third kappa shape index (κ3) is 3.97. The number of anilines is 1. The van der Waals surface area contributed by atoms with E-state index in [4.69, 9.17) is 0 Å². The first-order chi connectivity index (χ1) is 7.95. The van der Waals surface area contributed by atoms with Gasteiger partial charge in [-0.15, -0.1) is 0 Å². The minimum Gasteiger partial charge on any atom is -0.449 e. The second kappa shape index (κ2) is 5.56. The quantitative estimate of drug-likeness (QED) is 0.885. The number of carbonyl (C=O) groups is 1. The molecule has 6 heteroatoms. The van der Waals surface area contributed by atoms with Gasteiger partial charge in [0.25, 0.3) is 0 Å². The van der Waals surface area contributed by atoms with E-state index in [2.05, 4.69) is 10.1 Å². The van der Waals surface area contributed by atoms with Crippen molar-refractivity contribution in [2.75, 3.05) is 11.9 Å². The molecule has 0 aromatic heterocycles. The number of alkyl halides is 3. The Kier molecular flexibility index (Phi) is 4.37. The fourth-order valence-corrected chi connectivity index (χ4v) is 1.18. The molecule has 1 amide bonds. The normalized spacial score (nSPS) is 11.1. The summed E-state index contributed by atoms with van der Waals surface area (Å²) in [6.45, 7) is 1.96. The summed E-state index contributed by atoms with van der Waals surface area (Å²) in [4.78, 5) is 11.1. The van der Waals surface area contributed by atoms with Crippen molar-refractivity contribution in [3.05, 3.63) is 29.8 Å². The van der Waals surface area contributed by atoms with Gasteiger partial charge in [0.05, 0.1) is 17.9 Å². The Bertz CT molecular complexity index is 391. The summed E-state index contributed by atoms with van der Waals surface area (Å²) in [5.74, 6) is 0. The SMILES string of the molecule is CCCOC(=O)Nc1ccccc1C(F)(F)F. The molecule has 0 saturated carbocycles. The Morgan fingerprint density at radius 3 is 2.59 bits per heavy atom. The molecule has 0 fully saturated rings. The fraction of sp³-hybridized carbons (Fsp3) is 0.364. The number of benzene rings is 1. The lowest BCUT2D eigenvalue weighted by Gasteiger charge is -2.13. The van der Waals surface area contributed by atoms with Gasteiger partial charge in [0.1, 0.15) is 0 Å². The first-order valence-electron chi connectivity index (χ1n) is 5.05. The molecule has 3 nitrogen and oxygen atoms in total. The van der Waals surface area contributed by atoms with Crippen LogP contribution in [0.3, 0.4) is 0 Å². The summed E-state index contributed by atoms with van der Waals surface area (Å²) < 4.78 is 42.3. The van der Waals surface area contributed by atoms with Crippen LogP contribution in [0.15, 0.2) is 24.3 Å². The predicted molar refractivity (Wildman–Crippen MR) is 56.7 cm³/mol. The third-order valence-electron chi connectivity index (χ3n) is 1.91. The highest BCUT2D eigenvalue weighted by Gasteiger charge is 2.33. The molecule has 1 rings (SSSR count). The molecule has 0 saturated heterocycles. The minimum absolute atomic E-state index is 0.167. The molecule has 0 bridgehead atoms. The molecule has 0 aliphatic carbocycles. The van der Waals surface area contributed by atoms with Gasteiger partial charge in [-0.2, -0.15) is 13.2 Å². The van der Waals surface area contributed by atoms with Crippen LogP contribution in [-0.4, -0.2) is 12.7 Å². The van der Waals surface area contributed by atoms with Crippen molar-refractivity contribution < 1.29 is 22.7 Å². The van der Waals surface area contributed by atoms with Crippen LogP contribution in [0.5, 0.6) is 0 Å². The van der Waals surface area contributed by atoms with E-state index in [1.807, 2.05) is 0 Å². The predicted octanol–water partition coefficient (Wildman–Crippen LogP) is 3.66. The lowest BCUT2D eigenvalue weighted by molar-refractivity contribution is -0.136. The number of carbonyl (C=O) groups excluding carboxylic acids is 1. The standard InChI is InChI=1S/C11H12F3NO2/c1-2-7-17-10(16)15-9-6-4-3-5-8(9)11(12,13)14/h3-6H,2,7H2,1H3,(H,15,16). The maximum absolute atomic E-state index is 12.6. The summed E-state index contributed by atoms with van der Waals surface area (Å²) >= 11 is 0. The van der Waals surface area contributed by atoms with Gasteiger partial charge in [-0.1, -0.05) is 19.1 Å². The highest BCUT2D eigenvalue weighted by atomic mass is 19.4. The molecule has 0 aliphatic rings. The smallest absolute Gasteiger partial charge is 0.418 e. The number of ether oxygens (including phenoxy) is 1. The van der Waals surface area contributed by atoms with E-state index < -0.39 is 17.8 Å². The largest absolute Gasteiger partial charge is 0.449 e. The molecule has 1 aromatic rings. The van der Waals surface area contributed by atoms with Crippen LogP contribution >= 0.6 is 0 Å². The monoisotopic (exact) mass is 247 g/mol. The van der Waals surface area contributed by atoms with Crippen LogP contribution in [0.25, 0.3) is 0 Å². The van der Waals surface area contributed by atoms with Crippen molar-refractivity contribution in [1.29, 1.82) is 0 Å². The number of para-hydroxylation sites is 1. The Balaban J connectivity index is 2.81. The number of hydrogen-bond donors (Lipinski definition) is 1. The molecule has 0 atom stereocenters. The summed E-state index contributed by atoms with van der Waals surface area (Å²) in [6.07, 6.45) is -4.79. The summed E-state index contributed by atoms with van der Waals surface area (Å²) in [5, 5.41) is 2.07. The Labute approximate surface area is 96.6 Å². The molecule has 94 valence electrons. The van der Waals surface area contributed by atoms with Gasteiger partial charge in [0.2, 0.25) is 0 Å². The van der Waals surface area contributed by atoms with E-state index >= 15 is 0 Å². The van der Waals surface area contributed by atoms with E-state index in [0.29, 0.717) is 6.42 Å². The average molecular weight is 247 g/mol. The van der Waals surface area contributed by atoms with Gasteiger partial charge in [0, 0.05) is 0 Å². The highest BCUT2D eigenvalue weighted by molar-refractivity contribution is 5.85. The van der Waals surface area contributed by atoms with Crippen molar-refractivity contribution in [3.8, 4) is 0 Å². The van der Waals surface area contributed by atoms with Gasteiger partial charge in [0.15, 0.2) is 0 Å². The summed E-state index contributed by atoms with van der Waals surface area (Å²) in [5.41, 5.74) is -1.20. The fourth-order valence-electron chi connectivity index (χ4n) is 1.18. The van der Waals surface area contributed by atoms with Crippen LogP contribution in [-0.2, 0) is 10.9 Å². The lowest BCUT2D eigenvalue weighted by Crippen LogP contribution is -2.17. The van der Waals surface area contributed by atoms with Crippen LogP contribution < -0.4 is 5.32 Å². The van der Waals surface area contributed by atoms with Crippen LogP contribution in [0.1, 0.15) is 18.9 Å². The molecule has 0 unspecified atom stereocenters. The summed E-state index contributed by atoms with van der Waals surface area (Å²) in [7, 11) is 0. The molecule has 0 radical (unpaired) electrons. The Morgan fingerprint density at radius 1 is 1.35 bits per heavy atom. The average Bonchev–Trinajstić information content (AvgIpc) is 2.25. The minimum atomic E-state index is -4.51. The molecule has 1 aromatic carbocycles. The van der Waals surface area contributed by atoms with E-state index in [0.717, 1.165) is 6.07 Å². The topological polar surface area (TPSA) is 38.3 Å². The van der Waals surface area contributed by atoms with Gasteiger partial charge in [-0.3, -0.25) is 5.32 Å². The second-order valence-corrected chi connectivity index (χ2v) is 3.30. The first-order valence-corrected chi connectivity index (χ1v) is 5.05. The van der Waals surface area contributed by atoms with Crippen molar-refractivity contribution in [2.24, 2.45) is 0 Å². The zero-order valence-corrected chi connectivity index (χ0v) is 9.17. The highest BCUT2D eigenvalue weighted by Crippen LogP contribution is 2.34. The summed E-state index contributed by atoms with van der Waals surface area (Å²) in [6, 6.07) is 4.74. The van der Waals surface area contributed by atoms with Gasteiger partial charge in [-0.25, -0.2) is 4.79 Å². The maximum atomic E-state index is 12.6. The van der Waals surface area contributed by atoms with Gasteiger partial charge < -0.3 is 4.74 Å². The molecular weight excluding hydrogens is 235 g/mol. The van der Waals surface area contributed by atoms with Crippen molar-refractivity contribution >= 4 is 11.8 Å². The third-order valence-corrected chi connectivity index (χ3v) is 1.91. The van der Waals surface area contributed by atoms with Crippen LogP contribution in [0.2, 0.25) is 0 Å². The maximum Gasteiger partial charge on any atom is 0.418 e. The zero-order chi connectivity index (χ0) is 12.9. The van der Waals surface area contributed by atoms with Gasteiger partial charge >= 0.3 is 12.3 Å². The molecule has 0 aliphatic heterocycles. The number of hydrogen-bond acceptors (Lipinski definition) is 2. The Morgan fingerprint density at radius 2 is 2.00 bits per heavy atom. The molecule has 17 heavy (non-hydrogen) atoms. The number of amides is 1. The zero-order valence-electron chi connectivity index (χ0n) is 9.17. The van der Waals surface area contributed by atoms with Crippen molar-refractivity contribution in [2.45, 2.75) is 19.5 Å². The Hall–Kier alpha value is -1.72. The number of rotatable bonds is 3. The molecular formula is C11H12F3NO2. The van der Waals surface area contributed by atoms with Crippen LogP contribution in [0.4, 0.5) is 23.7 Å². The van der Waals surface area contributed by atoms with E-state index in [1.165, 1.54) is 18.2 Å². The molecule has 1 N–H and O–H groups in total. The number of halogens is 3.